The summed E-state index contributed by atoms with van der Waals surface area (Å²) in [6, 6.07) is 3.98. The number of benzene rings is 1. The highest BCUT2D eigenvalue weighted by Crippen LogP contribution is 2.15. The van der Waals surface area contributed by atoms with Gasteiger partial charge in [-0.25, -0.2) is 4.39 Å². The van der Waals surface area contributed by atoms with Crippen LogP contribution >= 0.6 is 0 Å². The van der Waals surface area contributed by atoms with Gasteiger partial charge >= 0.3 is 0 Å². The van der Waals surface area contributed by atoms with Crippen LogP contribution in [0.25, 0.3) is 0 Å². The fourth-order valence-corrected chi connectivity index (χ4v) is 2.02. The molecule has 0 aliphatic heterocycles. The first-order valence-electron chi connectivity index (χ1n) is 6.19. The Balaban J connectivity index is 2.62. The van der Waals surface area contributed by atoms with Gasteiger partial charge in [0.15, 0.2) is 0 Å². The first-order valence-corrected chi connectivity index (χ1v) is 6.19. The van der Waals surface area contributed by atoms with Gasteiger partial charge in [0.1, 0.15) is 5.82 Å². The molecule has 0 fully saturated rings. The minimum Gasteiger partial charge on any atom is -0.396 e. The van der Waals surface area contributed by atoms with Crippen molar-refractivity contribution in [2.45, 2.75) is 13.8 Å². The summed E-state index contributed by atoms with van der Waals surface area (Å²) in [6.45, 7) is 5.55. The number of nitrogen functional groups attached to an aromatic ring is 1. The summed E-state index contributed by atoms with van der Waals surface area (Å²) >= 11 is 0. The molecule has 4 nitrogen and oxygen atoms in total. The third kappa shape index (κ3) is 4.87. The third-order valence-electron chi connectivity index (χ3n) is 2.73. The molecule has 5 heteroatoms. The molecule has 0 atom stereocenters. The van der Waals surface area contributed by atoms with Gasteiger partial charge in [0.25, 0.3) is 5.91 Å². The Kier molecular flexibility index (Phi) is 4.89. The van der Waals surface area contributed by atoms with E-state index in [1.165, 1.54) is 18.2 Å². The highest BCUT2D eigenvalue weighted by molar-refractivity contribution is 5.95. The maximum atomic E-state index is 13.0. The van der Waals surface area contributed by atoms with Crippen LogP contribution in [0, 0.1) is 11.2 Å². The molecule has 0 bridgehead atoms. The quantitative estimate of drug-likeness (QED) is 0.799. The molecule has 0 heterocycles. The molecule has 0 aliphatic rings. The van der Waals surface area contributed by atoms with Crippen molar-refractivity contribution >= 4 is 11.6 Å². The number of hydrogen-bond acceptors (Lipinski definition) is 3. The molecule has 1 aromatic rings. The van der Waals surface area contributed by atoms with Crippen LogP contribution in [-0.4, -0.2) is 38.0 Å². The zero-order valence-electron chi connectivity index (χ0n) is 12.0. The van der Waals surface area contributed by atoms with Crippen molar-refractivity contribution in [1.82, 2.24) is 10.2 Å². The fourth-order valence-electron chi connectivity index (χ4n) is 2.02. The van der Waals surface area contributed by atoms with E-state index >= 15 is 0 Å². The number of hydrogen-bond donors (Lipinski definition) is 2. The van der Waals surface area contributed by atoms with E-state index in [9.17, 15) is 9.18 Å². The van der Waals surface area contributed by atoms with Crippen LogP contribution in [0.1, 0.15) is 24.2 Å². The van der Waals surface area contributed by atoms with Crippen molar-refractivity contribution in [2.75, 3.05) is 32.9 Å². The second-order valence-corrected chi connectivity index (χ2v) is 5.82. The van der Waals surface area contributed by atoms with Crippen LogP contribution in [0.15, 0.2) is 18.2 Å². The van der Waals surface area contributed by atoms with Crippen molar-refractivity contribution < 1.29 is 9.18 Å². The van der Waals surface area contributed by atoms with E-state index < -0.39 is 5.82 Å². The zero-order chi connectivity index (χ0) is 14.6. The number of nitrogens with two attached hydrogens (primary N) is 1. The second-order valence-electron chi connectivity index (χ2n) is 5.82. The summed E-state index contributed by atoms with van der Waals surface area (Å²) in [5.41, 5.74) is 5.77. The number of carbonyl (C=O) groups is 1. The monoisotopic (exact) mass is 267 g/mol. The molecule has 0 saturated carbocycles. The lowest BCUT2D eigenvalue weighted by Crippen LogP contribution is -2.40. The van der Waals surface area contributed by atoms with E-state index in [0.717, 1.165) is 6.54 Å². The molecule has 0 spiro atoms. The lowest BCUT2D eigenvalue weighted by Gasteiger charge is -2.28. The van der Waals surface area contributed by atoms with Crippen molar-refractivity contribution in [3.05, 3.63) is 29.6 Å². The summed E-state index contributed by atoms with van der Waals surface area (Å²) in [5.74, 6) is -0.747. The Bertz CT molecular complexity index is 458. The van der Waals surface area contributed by atoms with Gasteiger partial charge in [-0.05, 0) is 37.7 Å². The maximum absolute atomic E-state index is 13.0. The largest absolute Gasteiger partial charge is 0.396 e. The zero-order valence-corrected chi connectivity index (χ0v) is 12.0. The van der Waals surface area contributed by atoms with Crippen molar-refractivity contribution in [1.29, 1.82) is 0 Å². The first-order chi connectivity index (χ1) is 8.71. The lowest BCUT2D eigenvalue weighted by molar-refractivity contribution is 0.0929. The SMILES string of the molecule is CN(C)CC(C)(C)CNC(=O)c1ccc(F)c(N)c1. The molecule has 106 valence electrons. The number of halogens is 1. The number of nitrogens with one attached hydrogen (secondary N) is 1. The average Bonchev–Trinajstić information content (AvgIpc) is 2.28. The Morgan fingerprint density at radius 1 is 1.42 bits per heavy atom. The lowest BCUT2D eigenvalue weighted by atomic mass is 9.93. The van der Waals surface area contributed by atoms with Crippen molar-refractivity contribution in [3.8, 4) is 0 Å². The molecule has 0 saturated heterocycles. The number of anilines is 1. The minimum atomic E-state index is -0.510. The van der Waals surface area contributed by atoms with Crippen LogP contribution in [-0.2, 0) is 0 Å². The highest BCUT2D eigenvalue weighted by Gasteiger charge is 2.20. The van der Waals surface area contributed by atoms with Crippen LogP contribution in [0.2, 0.25) is 0 Å². The summed E-state index contributed by atoms with van der Waals surface area (Å²) < 4.78 is 13.0. The molecular formula is C14H22FN3O. The van der Waals surface area contributed by atoms with Gasteiger partial charge in [0, 0.05) is 18.7 Å². The van der Waals surface area contributed by atoms with Gasteiger partial charge in [0.05, 0.1) is 5.69 Å². The molecule has 1 rings (SSSR count). The Hall–Kier alpha value is -1.62. The van der Waals surface area contributed by atoms with Gasteiger partial charge in [-0.15, -0.1) is 0 Å². The Labute approximate surface area is 113 Å². The number of amides is 1. The van der Waals surface area contributed by atoms with E-state index in [0.29, 0.717) is 12.1 Å². The molecule has 19 heavy (non-hydrogen) atoms. The number of carbonyl (C=O) groups excluding carboxylic acids is 1. The Morgan fingerprint density at radius 3 is 2.58 bits per heavy atom. The molecule has 1 amide bonds. The van der Waals surface area contributed by atoms with E-state index in [4.69, 9.17) is 5.73 Å². The van der Waals surface area contributed by atoms with Crippen LogP contribution in [0.5, 0.6) is 0 Å². The topological polar surface area (TPSA) is 58.4 Å². The summed E-state index contributed by atoms with van der Waals surface area (Å²) in [7, 11) is 3.98. The maximum Gasteiger partial charge on any atom is 0.251 e. The predicted molar refractivity (Wildman–Crippen MR) is 75.5 cm³/mol. The van der Waals surface area contributed by atoms with Crippen LogP contribution < -0.4 is 11.1 Å². The first kappa shape index (κ1) is 15.4. The highest BCUT2D eigenvalue weighted by atomic mass is 19.1. The van der Waals surface area contributed by atoms with E-state index in [1.807, 2.05) is 14.1 Å². The molecular weight excluding hydrogens is 245 g/mol. The third-order valence-corrected chi connectivity index (χ3v) is 2.73. The smallest absolute Gasteiger partial charge is 0.251 e. The molecule has 0 aromatic heterocycles. The Morgan fingerprint density at radius 2 is 2.05 bits per heavy atom. The molecule has 1 aromatic carbocycles. The standard InChI is InChI=1S/C14H22FN3O/c1-14(2,9-18(3)4)8-17-13(19)10-5-6-11(15)12(16)7-10/h5-7H,8-9,16H2,1-4H3,(H,17,19). The molecule has 0 radical (unpaired) electrons. The van der Waals surface area contributed by atoms with Crippen molar-refractivity contribution in [3.63, 3.8) is 0 Å². The van der Waals surface area contributed by atoms with Crippen LogP contribution in [0.4, 0.5) is 10.1 Å². The number of nitrogens with zero attached hydrogens (tertiary/aromatic N) is 1. The van der Waals surface area contributed by atoms with Gasteiger partial charge in [0.2, 0.25) is 0 Å². The van der Waals surface area contributed by atoms with Crippen LogP contribution in [0.3, 0.4) is 0 Å². The van der Waals surface area contributed by atoms with E-state index in [-0.39, 0.29) is 17.0 Å². The normalized spacial score (nSPS) is 11.7. The predicted octanol–water partition coefficient (Wildman–Crippen LogP) is 1.73. The summed E-state index contributed by atoms with van der Waals surface area (Å²) in [4.78, 5) is 14.0. The molecule has 3 N–H and O–H groups in total. The minimum absolute atomic E-state index is 0.0137. The average molecular weight is 267 g/mol. The van der Waals surface area contributed by atoms with E-state index in [1.54, 1.807) is 0 Å². The number of rotatable bonds is 5. The second kappa shape index (κ2) is 6.02. The van der Waals surface area contributed by atoms with E-state index in [2.05, 4.69) is 24.1 Å². The van der Waals surface area contributed by atoms with Gasteiger partial charge in [-0.3, -0.25) is 4.79 Å². The summed E-state index contributed by atoms with van der Waals surface area (Å²) in [5, 5.41) is 2.85. The molecule has 0 unspecified atom stereocenters. The van der Waals surface area contributed by atoms with Crippen molar-refractivity contribution in [2.24, 2.45) is 5.41 Å². The molecule has 0 aliphatic carbocycles. The fraction of sp³-hybridized carbons (Fsp3) is 0.500. The summed E-state index contributed by atoms with van der Waals surface area (Å²) in [6.07, 6.45) is 0. The van der Waals surface area contributed by atoms with Gasteiger partial charge < -0.3 is 16.0 Å². The van der Waals surface area contributed by atoms with Gasteiger partial charge in [-0.1, -0.05) is 13.8 Å². The van der Waals surface area contributed by atoms with Gasteiger partial charge in [-0.2, -0.15) is 0 Å².